The van der Waals surface area contributed by atoms with Gasteiger partial charge in [-0.05, 0) is 73.5 Å². The van der Waals surface area contributed by atoms with Crippen molar-refractivity contribution >= 4 is 58.2 Å². The Morgan fingerprint density at radius 3 is 1.35 bits per heavy atom. The standard InChI is InChI=1S/C30H28Cl2N4O4/c31-23-7-3-1-5-19(23)13-15-33-25-17-27(37)35(29(25)39)21-9-11-22(12-10-21)36-28(38)18-26(30(36)40)34-16-14-20-6-2-4-8-24(20)32/h1-12,25-26,33-34H,13-18H2. The van der Waals surface area contributed by atoms with Gasteiger partial charge in [0.1, 0.15) is 0 Å². The maximum atomic E-state index is 13.0. The van der Waals surface area contributed by atoms with Crippen LogP contribution in [0.2, 0.25) is 10.0 Å². The average Bonchev–Trinajstić information content (AvgIpc) is 3.39. The van der Waals surface area contributed by atoms with Crippen molar-refractivity contribution in [3.8, 4) is 0 Å². The van der Waals surface area contributed by atoms with E-state index in [4.69, 9.17) is 23.2 Å². The van der Waals surface area contributed by atoms with Crippen LogP contribution < -0.4 is 20.4 Å². The van der Waals surface area contributed by atoms with E-state index in [1.165, 1.54) is 0 Å². The van der Waals surface area contributed by atoms with Crippen molar-refractivity contribution in [1.29, 1.82) is 0 Å². The number of nitrogens with one attached hydrogen (secondary N) is 2. The fraction of sp³-hybridized carbons (Fsp3) is 0.267. The second kappa shape index (κ2) is 12.3. The van der Waals surface area contributed by atoms with Crippen LogP contribution in [0.4, 0.5) is 11.4 Å². The van der Waals surface area contributed by atoms with E-state index in [2.05, 4.69) is 10.6 Å². The summed E-state index contributed by atoms with van der Waals surface area (Å²) in [6.45, 7) is 0.986. The van der Waals surface area contributed by atoms with Crippen LogP contribution in [0.25, 0.3) is 0 Å². The molecule has 0 radical (unpaired) electrons. The summed E-state index contributed by atoms with van der Waals surface area (Å²) < 4.78 is 0. The lowest BCUT2D eigenvalue weighted by molar-refractivity contribution is -0.123. The van der Waals surface area contributed by atoms with E-state index < -0.39 is 12.1 Å². The number of carbonyl (C=O) groups is 4. The van der Waals surface area contributed by atoms with Crippen molar-refractivity contribution < 1.29 is 19.2 Å². The number of benzene rings is 3. The van der Waals surface area contributed by atoms with Crippen LogP contribution in [-0.2, 0) is 32.0 Å². The van der Waals surface area contributed by atoms with Gasteiger partial charge in [0.05, 0.1) is 36.3 Å². The van der Waals surface area contributed by atoms with Gasteiger partial charge in [-0.25, -0.2) is 9.80 Å². The third-order valence-corrected chi connectivity index (χ3v) is 7.88. The Balaban J connectivity index is 1.17. The molecule has 40 heavy (non-hydrogen) atoms. The molecule has 2 unspecified atom stereocenters. The number of carbonyl (C=O) groups excluding carboxylic acids is 4. The average molecular weight is 579 g/mol. The van der Waals surface area contributed by atoms with E-state index in [1.54, 1.807) is 24.3 Å². The van der Waals surface area contributed by atoms with Gasteiger partial charge < -0.3 is 10.6 Å². The van der Waals surface area contributed by atoms with Crippen molar-refractivity contribution in [2.24, 2.45) is 0 Å². The number of imide groups is 2. The molecule has 0 spiro atoms. The highest BCUT2D eigenvalue weighted by Gasteiger charge is 2.41. The summed E-state index contributed by atoms with van der Waals surface area (Å²) in [7, 11) is 0. The molecule has 3 aromatic rings. The summed E-state index contributed by atoms with van der Waals surface area (Å²) in [5.74, 6) is -1.31. The van der Waals surface area contributed by atoms with Crippen LogP contribution in [-0.4, -0.2) is 48.8 Å². The van der Waals surface area contributed by atoms with Gasteiger partial charge in [0.2, 0.25) is 11.8 Å². The molecule has 3 aromatic carbocycles. The van der Waals surface area contributed by atoms with Crippen LogP contribution in [0.1, 0.15) is 24.0 Å². The molecule has 2 aliphatic heterocycles. The van der Waals surface area contributed by atoms with Gasteiger partial charge in [-0.15, -0.1) is 0 Å². The van der Waals surface area contributed by atoms with E-state index in [9.17, 15) is 19.2 Å². The summed E-state index contributed by atoms with van der Waals surface area (Å²) in [5, 5.41) is 7.64. The summed E-state index contributed by atoms with van der Waals surface area (Å²) in [5.41, 5.74) is 2.71. The summed E-state index contributed by atoms with van der Waals surface area (Å²) in [4.78, 5) is 53.7. The van der Waals surface area contributed by atoms with E-state index in [1.807, 2.05) is 48.5 Å². The molecule has 0 bridgehead atoms. The largest absolute Gasteiger partial charge is 0.305 e. The molecule has 2 atom stereocenters. The molecule has 0 saturated carbocycles. The number of amides is 4. The van der Waals surface area contributed by atoms with Gasteiger partial charge >= 0.3 is 0 Å². The smallest absolute Gasteiger partial charge is 0.251 e. The molecule has 0 aliphatic carbocycles. The number of hydrogen-bond donors (Lipinski definition) is 2. The van der Waals surface area contributed by atoms with Crippen LogP contribution in [0, 0.1) is 0 Å². The molecule has 2 heterocycles. The highest BCUT2D eigenvalue weighted by molar-refractivity contribution is 6.31. The topological polar surface area (TPSA) is 98.8 Å². The summed E-state index contributed by atoms with van der Waals surface area (Å²) >= 11 is 12.4. The van der Waals surface area contributed by atoms with Crippen molar-refractivity contribution in [1.82, 2.24) is 10.6 Å². The van der Waals surface area contributed by atoms with Gasteiger partial charge in [-0.3, -0.25) is 19.2 Å². The number of rotatable bonds is 10. The van der Waals surface area contributed by atoms with Crippen LogP contribution in [0.5, 0.6) is 0 Å². The van der Waals surface area contributed by atoms with E-state index >= 15 is 0 Å². The van der Waals surface area contributed by atoms with E-state index in [0.29, 0.717) is 47.4 Å². The van der Waals surface area contributed by atoms with Crippen LogP contribution >= 0.6 is 23.2 Å². The maximum Gasteiger partial charge on any atom is 0.251 e. The first-order valence-electron chi connectivity index (χ1n) is 13.1. The Morgan fingerprint density at radius 1 is 0.600 bits per heavy atom. The predicted molar refractivity (Wildman–Crippen MR) is 155 cm³/mol. The highest BCUT2D eigenvalue weighted by Crippen LogP contribution is 2.29. The van der Waals surface area contributed by atoms with Crippen LogP contribution in [0.15, 0.2) is 72.8 Å². The second-order valence-corrected chi connectivity index (χ2v) is 10.6. The van der Waals surface area contributed by atoms with E-state index in [-0.39, 0.29) is 36.5 Å². The molecule has 2 fully saturated rings. The molecule has 5 rings (SSSR count). The monoisotopic (exact) mass is 578 g/mol. The summed E-state index contributed by atoms with van der Waals surface area (Å²) in [6.07, 6.45) is 1.35. The number of halogens is 2. The minimum Gasteiger partial charge on any atom is -0.305 e. The van der Waals surface area contributed by atoms with Gasteiger partial charge in [-0.1, -0.05) is 59.6 Å². The maximum absolute atomic E-state index is 13.0. The molecule has 0 aromatic heterocycles. The predicted octanol–water partition coefficient (Wildman–Crippen LogP) is 3.92. The van der Waals surface area contributed by atoms with Crippen molar-refractivity contribution in [2.45, 2.75) is 37.8 Å². The normalized spacial score (nSPS) is 19.2. The first-order valence-corrected chi connectivity index (χ1v) is 13.9. The lowest BCUT2D eigenvalue weighted by Gasteiger charge is -2.19. The number of anilines is 2. The SMILES string of the molecule is O=C1CC(NCCc2ccccc2Cl)C(=O)N1c1ccc(N2C(=O)CC(NCCc3ccccc3Cl)C2=O)cc1. The molecule has 10 heteroatoms. The minimum absolute atomic E-state index is 0.0494. The van der Waals surface area contributed by atoms with Gasteiger partial charge in [0, 0.05) is 10.0 Å². The number of hydrogen-bond acceptors (Lipinski definition) is 6. The fourth-order valence-corrected chi connectivity index (χ4v) is 5.50. The highest BCUT2D eigenvalue weighted by atomic mass is 35.5. The molecule has 206 valence electrons. The molecule has 2 aliphatic rings. The quantitative estimate of drug-likeness (QED) is 0.354. The Kier molecular flexibility index (Phi) is 8.61. The Hall–Kier alpha value is -3.56. The first kappa shape index (κ1) is 28.0. The lowest BCUT2D eigenvalue weighted by Crippen LogP contribution is -2.40. The second-order valence-electron chi connectivity index (χ2n) is 9.76. The molecular weight excluding hydrogens is 551 g/mol. The van der Waals surface area contributed by atoms with Crippen LogP contribution in [0.3, 0.4) is 0 Å². The Morgan fingerprint density at radius 2 is 0.975 bits per heavy atom. The Labute approximate surface area is 242 Å². The molecule has 2 N–H and O–H groups in total. The molecular formula is C30H28Cl2N4O4. The van der Waals surface area contributed by atoms with Gasteiger partial charge in [-0.2, -0.15) is 0 Å². The van der Waals surface area contributed by atoms with Gasteiger partial charge in [0.25, 0.3) is 11.8 Å². The van der Waals surface area contributed by atoms with E-state index in [0.717, 1.165) is 20.9 Å². The van der Waals surface area contributed by atoms with Crippen molar-refractivity contribution in [2.75, 3.05) is 22.9 Å². The zero-order valence-corrected chi connectivity index (χ0v) is 23.1. The first-order chi connectivity index (χ1) is 19.3. The molecule has 2 saturated heterocycles. The third-order valence-electron chi connectivity index (χ3n) is 7.15. The summed E-state index contributed by atoms with van der Waals surface area (Å²) in [6, 6.07) is 20.1. The van der Waals surface area contributed by atoms with Gasteiger partial charge in [0.15, 0.2) is 0 Å². The third kappa shape index (κ3) is 5.95. The lowest BCUT2D eigenvalue weighted by atomic mass is 10.1. The fourth-order valence-electron chi connectivity index (χ4n) is 5.04. The minimum atomic E-state index is -0.631. The zero-order chi connectivity index (χ0) is 28.2. The zero-order valence-electron chi connectivity index (χ0n) is 21.6. The number of nitrogens with zero attached hydrogens (tertiary/aromatic N) is 2. The molecule has 8 nitrogen and oxygen atoms in total. The Bertz CT molecular complexity index is 1340. The van der Waals surface area contributed by atoms with Crippen molar-refractivity contribution in [3.05, 3.63) is 94.0 Å². The van der Waals surface area contributed by atoms with Crippen molar-refractivity contribution in [3.63, 3.8) is 0 Å². The molecule has 4 amide bonds.